The molecule has 10 nitrogen and oxygen atoms in total. The van der Waals surface area contributed by atoms with E-state index in [1.807, 2.05) is 50.7 Å². The Kier molecular flexibility index (Phi) is 9.67. The number of amides is 1. The molecule has 1 amide bonds. The molecule has 1 unspecified atom stereocenters. The van der Waals surface area contributed by atoms with Crippen molar-refractivity contribution in [3.8, 4) is 17.1 Å². The number of halogens is 1. The fraction of sp³-hybridized carbons (Fsp3) is 0.400. The van der Waals surface area contributed by atoms with Crippen LogP contribution in [0.3, 0.4) is 0 Å². The van der Waals surface area contributed by atoms with Crippen LogP contribution < -0.4 is 15.4 Å². The number of anilines is 2. The minimum Gasteiger partial charge on any atom is -0.494 e. The fourth-order valence-electron chi connectivity index (χ4n) is 4.43. The van der Waals surface area contributed by atoms with Crippen molar-refractivity contribution in [3.05, 3.63) is 65.6 Å². The summed E-state index contributed by atoms with van der Waals surface area (Å²) in [5, 5.41) is 11.1. The van der Waals surface area contributed by atoms with Crippen LogP contribution in [0, 0.1) is 6.92 Å². The number of nitrogens with zero attached hydrogens (tertiary/aromatic N) is 4. The first-order valence-corrected chi connectivity index (χ1v) is 13.9. The zero-order valence-electron chi connectivity index (χ0n) is 24.2. The van der Waals surface area contributed by atoms with Crippen LogP contribution in [0.25, 0.3) is 17.1 Å². The fourth-order valence-corrected chi connectivity index (χ4v) is 4.60. The van der Waals surface area contributed by atoms with Crippen LogP contribution >= 0.6 is 11.6 Å². The van der Waals surface area contributed by atoms with Crippen molar-refractivity contribution in [2.24, 2.45) is 0 Å². The van der Waals surface area contributed by atoms with Crippen LogP contribution in [0.4, 0.5) is 11.5 Å². The van der Waals surface area contributed by atoms with Gasteiger partial charge in [0.2, 0.25) is 0 Å². The zero-order chi connectivity index (χ0) is 29.6. The second-order valence-corrected chi connectivity index (χ2v) is 11.1. The van der Waals surface area contributed by atoms with Crippen LogP contribution in [-0.4, -0.2) is 51.5 Å². The summed E-state index contributed by atoms with van der Waals surface area (Å²) in [6.45, 7) is 12.0. The third kappa shape index (κ3) is 7.86. The molecule has 1 aliphatic rings. The van der Waals surface area contributed by atoms with Gasteiger partial charge in [-0.3, -0.25) is 4.79 Å². The first-order valence-electron chi connectivity index (χ1n) is 13.5. The number of aromatic nitrogens is 4. The van der Waals surface area contributed by atoms with Gasteiger partial charge in [-0.2, -0.15) is 5.10 Å². The Bertz CT molecular complexity index is 1420. The predicted molar refractivity (Wildman–Crippen MR) is 160 cm³/mol. The van der Waals surface area contributed by atoms with Gasteiger partial charge in [0.15, 0.2) is 12.4 Å². The molecule has 0 spiro atoms. The van der Waals surface area contributed by atoms with Gasteiger partial charge in [0.1, 0.15) is 23.6 Å². The topological polar surface area (TPSA) is 112 Å². The third-order valence-corrected chi connectivity index (χ3v) is 6.53. The van der Waals surface area contributed by atoms with E-state index in [1.165, 1.54) is 13.2 Å². The molecule has 1 fully saturated rings. The molecule has 0 aliphatic carbocycles. The summed E-state index contributed by atoms with van der Waals surface area (Å²) < 4.78 is 19.1. The number of nitrogens with one attached hydrogen (secondary N) is 2. The van der Waals surface area contributed by atoms with E-state index in [-0.39, 0.29) is 24.3 Å². The molecule has 41 heavy (non-hydrogen) atoms. The number of rotatable bonds is 10. The van der Waals surface area contributed by atoms with E-state index in [0.29, 0.717) is 45.0 Å². The Morgan fingerprint density at radius 1 is 1.29 bits per heavy atom. The smallest absolute Gasteiger partial charge is 0.258 e. The van der Waals surface area contributed by atoms with Gasteiger partial charge in [-0.1, -0.05) is 30.3 Å². The number of benzene rings is 1. The molecule has 218 valence electrons. The number of carbonyl (C=O) groups excluding carboxylic acids is 1. The van der Waals surface area contributed by atoms with Crippen molar-refractivity contribution < 1.29 is 19.0 Å². The number of allylic oxidation sites excluding steroid dienone is 2. The monoisotopic (exact) mass is 580 g/mol. The van der Waals surface area contributed by atoms with E-state index < -0.39 is 0 Å². The molecule has 1 aromatic carbocycles. The van der Waals surface area contributed by atoms with Crippen LogP contribution in [0.2, 0.25) is 0 Å². The van der Waals surface area contributed by atoms with E-state index in [9.17, 15) is 4.79 Å². The highest BCUT2D eigenvalue weighted by atomic mass is 35.5. The summed E-state index contributed by atoms with van der Waals surface area (Å²) in [6, 6.07) is 7.29. The van der Waals surface area contributed by atoms with Crippen LogP contribution in [-0.2, 0) is 14.3 Å². The standard InChI is InChI=1S/C30H37ClN6O4/c1-7-23(31)27(39-6)26-19(2)33-28(20-11-10-12-22(15-20)41-18-24(38)36-30(3,4)5)35-29(26)34-21-16-32-37(17-21)25-13-8-9-14-40-25/h7,10-12,15-17,25H,1,8-9,13-14,18H2,2-6H3,(H,36,38)(H,33,34,35)/b27-23-. The van der Waals surface area contributed by atoms with Gasteiger partial charge in [0.05, 0.1) is 41.5 Å². The molecule has 0 saturated carbocycles. The predicted octanol–water partition coefficient (Wildman–Crippen LogP) is 6.12. The maximum absolute atomic E-state index is 12.2. The molecule has 11 heteroatoms. The van der Waals surface area contributed by atoms with Gasteiger partial charge >= 0.3 is 0 Å². The molecule has 0 radical (unpaired) electrons. The van der Waals surface area contributed by atoms with Gasteiger partial charge in [0, 0.05) is 17.7 Å². The summed E-state index contributed by atoms with van der Waals surface area (Å²) in [4.78, 5) is 21.9. The zero-order valence-corrected chi connectivity index (χ0v) is 24.9. The molecule has 3 heterocycles. The molecular weight excluding hydrogens is 544 g/mol. The largest absolute Gasteiger partial charge is 0.494 e. The highest BCUT2D eigenvalue weighted by molar-refractivity contribution is 6.34. The van der Waals surface area contributed by atoms with Gasteiger partial charge in [-0.15, -0.1) is 0 Å². The Morgan fingerprint density at radius 3 is 2.78 bits per heavy atom. The Morgan fingerprint density at radius 2 is 2.10 bits per heavy atom. The lowest BCUT2D eigenvalue weighted by Gasteiger charge is -2.22. The number of ether oxygens (including phenoxy) is 3. The van der Waals surface area contributed by atoms with E-state index >= 15 is 0 Å². The Hall–Kier alpha value is -3.89. The van der Waals surface area contributed by atoms with E-state index in [2.05, 4.69) is 22.3 Å². The van der Waals surface area contributed by atoms with Crippen molar-refractivity contribution >= 4 is 34.8 Å². The third-order valence-electron chi connectivity index (χ3n) is 6.21. The maximum atomic E-state index is 12.2. The molecule has 1 saturated heterocycles. The number of carbonyl (C=O) groups is 1. The van der Waals surface area contributed by atoms with Crippen LogP contribution in [0.5, 0.6) is 5.75 Å². The van der Waals surface area contributed by atoms with Crippen LogP contribution in [0.15, 0.2) is 54.3 Å². The highest BCUT2D eigenvalue weighted by Gasteiger charge is 2.22. The number of hydrogen-bond acceptors (Lipinski definition) is 8. The minimum atomic E-state index is -0.345. The highest BCUT2D eigenvalue weighted by Crippen LogP contribution is 2.34. The van der Waals surface area contributed by atoms with E-state index in [1.54, 1.807) is 18.3 Å². The van der Waals surface area contributed by atoms with Crippen LogP contribution in [0.1, 0.15) is 57.5 Å². The van der Waals surface area contributed by atoms with Crippen molar-refractivity contribution in [2.75, 3.05) is 25.6 Å². The summed E-state index contributed by atoms with van der Waals surface area (Å²) in [5.74, 6) is 1.63. The van der Waals surface area contributed by atoms with E-state index in [4.69, 9.17) is 35.8 Å². The number of methoxy groups -OCH3 is 1. The second kappa shape index (κ2) is 13.2. The molecular formula is C30H37ClN6O4. The van der Waals surface area contributed by atoms with E-state index in [0.717, 1.165) is 31.6 Å². The summed E-state index contributed by atoms with van der Waals surface area (Å²) >= 11 is 6.47. The van der Waals surface area contributed by atoms with Crippen molar-refractivity contribution in [3.63, 3.8) is 0 Å². The van der Waals surface area contributed by atoms with Crippen molar-refractivity contribution in [1.29, 1.82) is 0 Å². The van der Waals surface area contributed by atoms with Crippen molar-refractivity contribution in [2.45, 2.75) is 58.7 Å². The maximum Gasteiger partial charge on any atom is 0.258 e. The Labute approximate surface area is 245 Å². The molecule has 1 aliphatic heterocycles. The average molecular weight is 581 g/mol. The van der Waals surface area contributed by atoms with Gasteiger partial charge < -0.3 is 24.8 Å². The molecule has 2 aromatic heterocycles. The quantitative estimate of drug-likeness (QED) is 0.218. The van der Waals surface area contributed by atoms with Crippen molar-refractivity contribution in [1.82, 2.24) is 25.1 Å². The first-order chi connectivity index (χ1) is 19.6. The summed E-state index contributed by atoms with van der Waals surface area (Å²) in [5.41, 5.74) is 2.31. The lowest BCUT2D eigenvalue weighted by molar-refractivity contribution is -0.124. The molecule has 4 rings (SSSR count). The molecule has 0 bridgehead atoms. The normalized spacial score (nSPS) is 16.0. The molecule has 3 aromatic rings. The molecule has 2 N–H and O–H groups in total. The summed E-state index contributed by atoms with van der Waals surface area (Å²) in [7, 11) is 1.54. The van der Waals surface area contributed by atoms with Gasteiger partial charge in [0.25, 0.3) is 5.91 Å². The van der Waals surface area contributed by atoms with Gasteiger partial charge in [-0.05, 0) is 65.2 Å². The number of hydrogen-bond donors (Lipinski definition) is 2. The molecule has 1 atom stereocenters. The average Bonchev–Trinajstić information content (AvgIpc) is 3.41. The lowest BCUT2D eigenvalue weighted by atomic mass is 10.1. The lowest BCUT2D eigenvalue weighted by Crippen LogP contribution is -2.43. The van der Waals surface area contributed by atoms with Gasteiger partial charge in [-0.25, -0.2) is 14.6 Å². The number of aryl methyl sites for hydroxylation is 1. The minimum absolute atomic E-state index is 0.0978. The second-order valence-electron chi connectivity index (χ2n) is 10.7. The first kappa shape index (κ1) is 30.1. The summed E-state index contributed by atoms with van der Waals surface area (Å²) in [6.07, 6.45) is 8.08. The SMILES string of the molecule is C=C/C(Cl)=C(/OC)c1c(C)nc(-c2cccc(OCC(=O)NC(C)(C)C)c2)nc1Nc1cnn(C2CCCCO2)c1. The Balaban J connectivity index is 1.67.